The number of aromatic nitrogens is 2. The minimum absolute atomic E-state index is 0.185. The molecule has 0 radical (unpaired) electrons. The number of thiophene rings is 2. The molecule has 0 aliphatic carbocycles. The monoisotopic (exact) mass is 290 g/mol. The minimum Gasteiger partial charge on any atom is -0.396 e. The summed E-state index contributed by atoms with van der Waals surface area (Å²) in [5, 5.41) is 4.82. The highest BCUT2D eigenvalue weighted by molar-refractivity contribution is 7.21. The normalized spacial score (nSPS) is 10.7. The fourth-order valence-corrected chi connectivity index (χ4v) is 3.26. The molecule has 0 saturated carbocycles. The van der Waals surface area contributed by atoms with E-state index in [1.54, 1.807) is 23.7 Å². The standard InChI is InChI=1S/C12H10N4OS2/c13-8-9-12(15-4-3-14-9)19-10(8)11(17)16-6-7-2-1-5-18-7/h1-5H,6,13H2,(H,16,17). The Bertz CT molecular complexity index is 720. The topological polar surface area (TPSA) is 80.9 Å². The number of carbonyl (C=O) groups excluding carboxylic acids is 1. The lowest BCUT2D eigenvalue weighted by Gasteiger charge is -2.01. The maximum atomic E-state index is 12.1. The van der Waals surface area contributed by atoms with E-state index in [2.05, 4.69) is 15.3 Å². The molecule has 0 fully saturated rings. The molecule has 0 unspecified atom stereocenters. The summed E-state index contributed by atoms with van der Waals surface area (Å²) in [6, 6.07) is 3.93. The molecule has 96 valence electrons. The number of carbonyl (C=O) groups is 1. The zero-order valence-corrected chi connectivity index (χ0v) is 11.4. The first-order valence-electron chi connectivity index (χ1n) is 5.55. The molecule has 0 aliphatic rings. The van der Waals surface area contributed by atoms with Gasteiger partial charge in [-0.25, -0.2) is 9.97 Å². The van der Waals surface area contributed by atoms with Crippen molar-refractivity contribution in [3.63, 3.8) is 0 Å². The molecule has 3 N–H and O–H groups in total. The molecule has 0 bridgehead atoms. The van der Waals surface area contributed by atoms with Gasteiger partial charge in [-0.1, -0.05) is 6.07 Å². The van der Waals surface area contributed by atoms with Crippen LogP contribution in [-0.2, 0) is 6.54 Å². The van der Waals surface area contributed by atoms with Crippen molar-refractivity contribution in [2.45, 2.75) is 6.54 Å². The molecule has 0 spiro atoms. The zero-order chi connectivity index (χ0) is 13.2. The Labute approximate surface area is 117 Å². The highest BCUT2D eigenvalue weighted by Crippen LogP contribution is 2.30. The number of anilines is 1. The third-order valence-corrected chi connectivity index (χ3v) is 4.55. The van der Waals surface area contributed by atoms with Crippen molar-refractivity contribution in [2.24, 2.45) is 0 Å². The van der Waals surface area contributed by atoms with Gasteiger partial charge < -0.3 is 11.1 Å². The van der Waals surface area contributed by atoms with Crippen LogP contribution in [0, 0.1) is 0 Å². The molecule has 3 aromatic heterocycles. The second kappa shape index (κ2) is 4.94. The van der Waals surface area contributed by atoms with Gasteiger partial charge in [-0.3, -0.25) is 4.79 Å². The van der Waals surface area contributed by atoms with Crippen molar-refractivity contribution in [3.05, 3.63) is 39.7 Å². The lowest BCUT2D eigenvalue weighted by Crippen LogP contribution is -2.22. The molecule has 7 heteroatoms. The number of hydrogen-bond donors (Lipinski definition) is 2. The summed E-state index contributed by atoms with van der Waals surface area (Å²) in [5.74, 6) is -0.185. The highest BCUT2D eigenvalue weighted by atomic mass is 32.1. The fourth-order valence-electron chi connectivity index (χ4n) is 1.67. The summed E-state index contributed by atoms with van der Waals surface area (Å²) in [6.45, 7) is 0.505. The molecule has 1 amide bonds. The highest BCUT2D eigenvalue weighted by Gasteiger charge is 2.17. The van der Waals surface area contributed by atoms with Crippen molar-refractivity contribution >= 4 is 44.6 Å². The van der Waals surface area contributed by atoms with Crippen LogP contribution in [0.4, 0.5) is 5.69 Å². The van der Waals surface area contributed by atoms with Gasteiger partial charge in [-0.15, -0.1) is 22.7 Å². The third-order valence-electron chi connectivity index (χ3n) is 2.57. The molecular formula is C12H10N4OS2. The third kappa shape index (κ3) is 2.29. The van der Waals surface area contributed by atoms with Gasteiger partial charge in [0.15, 0.2) is 0 Å². The SMILES string of the molecule is Nc1c(C(=O)NCc2cccs2)sc2nccnc12. The zero-order valence-electron chi connectivity index (χ0n) is 9.79. The summed E-state index contributed by atoms with van der Waals surface area (Å²) >= 11 is 2.86. The van der Waals surface area contributed by atoms with Crippen LogP contribution in [0.25, 0.3) is 10.3 Å². The maximum Gasteiger partial charge on any atom is 0.263 e. The van der Waals surface area contributed by atoms with Gasteiger partial charge in [-0.05, 0) is 11.4 Å². The van der Waals surface area contributed by atoms with E-state index in [0.717, 1.165) is 4.88 Å². The summed E-state index contributed by atoms with van der Waals surface area (Å²) < 4.78 is 0. The molecule has 0 aliphatic heterocycles. The van der Waals surface area contributed by atoms with E-state index >= 15 is 0 Å². The van der Waals surface area contributed by atoms with E-state index < -0.39 is 0 Å². The van der Waals surface area contributed by atoms with Gasteiger partial charge in [0, 0.05) is 17.3 Å². The Balaban J connectivity index is 1.83. The van der Waals surface area contributed by atoms with Gasteiger partial charge in [-0.2, -0.15) is 0 Å². The molecule has 19 heavy (non-hydrogen) atoms. The van der Waals surface area contributed by atoms with Crippen molar-refractivity contribution in [2.75, 3.05) is 5.73 Å². The number of nitrogen functional groups attached to an aromatic ring is 1. The van der Waals surface area contributed by atoms with Crippen LogP contribution in [-0.4, -0.2) is 15.9 Å². The summed E-state index contributed by atoms with van der Waals surface area (Å²) in [4.78, 5) is 22.6. The summed E-state index contributed by atoms with van der Waals surface area (Å²) in [5.41, 5.74) is 6.93. The lowest BCUT2D eigenvalue weighted by molar-refractivity contribution is 0.0956. The molecule has 3 aromatic rings. The Morgan fingerprint density at radius 1 is 1.37 bits per heavy atom. The van der Waals surface area contributed by atoms with Gasteiger partial charge in [0.1, 0.15) is 15.2 Å². The number of amides is 1. The largest absolute Gasteiger partial charge is 0.396 e. The Morgan fingerprint density at radius 3 is 2.95 bits per heavy atom. The lowest BCUT2D eigenvalue weighted by atomic mass is 10.3. The predicted molar refractivity (Wildman–Crippen MR) is 77.3 cm³/mol. The molecular weight excluding hydrogens is 280 g/mol. The van der Waals surface area contributed by atoms with E-state index in [9.17, 15) is 4.79 Å². The van der Waals surface area contributed by atoms with Crippen LogP contribution in [0.15, 0.2) is 29.9 Å². The van der Waals surface area contributed by atoms with Crippen molar-refractivity contribution in [1.82, 2.24) is 15.3 Å². The van der Waals surface area contributed by atoms with Crippen LogP contribution in [0.5, 0.6) is 0 Å². The number of nitrogens with two attached hydrogens (primary N) is 1. The average Bonchev–Trinajstić information content (AvgIpc) is 3.05. The number of nitrogens with one attached hydrogen (secondary N) is 1. The van der Waals surface area contributed by atoms with E-state index in [1.807, 2.05) is 17.5 Å². The molecule has 0 saturated heterocycles. The second-order valence-corrected chi connectivity index (χ2v) is 5.85. The Hall–Kier alpha value is -1.99. The molecule has 3 rings (SSSR count). The summed E-state index contributed by atoms with van der Waals surface area (Å²) in [6.07, 6.45) is 3.16. The minimum atomic E-state index is -0.185. The smallest absolute Gasteiger partial charge is 0.263 e. The molecule has 0 aromatic carbocycles. The van der Waals surface area contributed by atoms with Gasteiger partial charge in [0.25, 0.3) is 5.91 Å². The molecule has 5 nitrogen and oxygen atoms in total. The van der Waals surface area contributed by atoms with Gasteiger partial charge >= 0.3 is 0 Å². The first-order valence-corrected chi connectivity index (χ1v) is 7.25. The fraction of sp³-hybridized carbons (Fsp3) is 0.0833. The molecule has 0 atom stereocenters. The van der Waals surface area contributed by atoms with E-state index in [-0.39, 0.29) is 5.91 Å². The van der Waals surface area contributed by atoms with Crippen LogP contribution in [0.1, 0.15) is 14.5 Å². The first kappa shape index (κ1) is 12.1. The van der Waals surface area contributed by atoms with Crippen molar-refractivity contribution in [1.29, 1.82) is 0 Å². The Kier molecular flexibility index (Phi) is 3.14. The van der Waals surface area contributed by atoms with Crippen molar-refractivity contribution in [3.8, 4) is 0 Å². The van der Waals surface area contributed by atoms with E-state index in [4.69, 9.17) is 5.73 Å². The van der Waals surface area contributed by atoms with Crippen LogP contribution >= 0.6 is 22.7 Å². The van der Waals surface area contributed by atoms with Crippen LogP contribution in [0.3, 0.4) is 0 Å². The van der Waals surface area contributed by atoms with Gasteiger partial charge in [0.2, 0.25) is 0 Å². The number of rotatable bonds is 3. The quantitative estimate of drug-likeness (QED) is 0.775. The first-order chi connectivity index (χ1) is 9.25. The molecule has 3 heterocycles. The second-order valence-electron chi connectivity index (χ2n) is 3.82. The summed E-state index contributed by atoms with van der Waals surface area (Å²) in [7, 11) is 0. The van der Waals surface area contributed by atoms with E-state index in [0.29, 0.717) is 27.5 Å². The number of fused-ring (bicyclic) bond motifs is 1. The Morgan fingerprint density at radius 2 is 2.21 bits per heavy atom. The predicted octanol–water partition coefficient (Wildman–Crippen LogP) is 2.26. The van der Waals surface area contributed by atoms with Crippen LogP contribution < -0.4 is 11.1 Å². The number of hydrogen-bond acceptors (Lipinski definition) is 6. The average molecular weight is 290 g/mol. The van der Waals surface area contributed by atoms with Crippen molar-refractivity contribution < 1.29 is 4.79 Å². The number of nitrogens with zero attached hydrogens (tertiary/aromatic N) is 2. The van der Waals surface area contributed by atoms with Gasteiger partial charge in [0.05, 0.1) is 12.2 Å². The van der Waals surface area contributed by atoms with E-state index in [1.165, 1.54) is 11.3 Å². The maximum absolute atomic E-state index is 12.1. The van der Waals surface area contributed by atoms with Crippen LogP contribution in [0.2, 0.25) is 0 Å².